The van der Waals surface area contributed by atoms with Gasteiger partial charge in [-0.15, -0.1) is 0 Å². The Kier molecular flexibility index (Phi) is 5.36. The summed E-state index contributed by atoms with van der Waals surface area (Å²) in [6.07, 6.45) is 0.996. The molecule has 0 aliphatic rings. The fourth-order valence-corrected chi connectivity index (χ4v) is 2.30. The predicted octanol–water partition coefficient (Wildman–Crippen LogP) is 1.81. The molecule has 19 heavy (non-hydrogen) atoms. The number of aromatic hydroxyl groups is 1. The maximum absolute atomic E-state index is 12.0. The molecule has 1 aromatic rings. The van der Waals surface area contributed by atoms with E-state index >= 15 is 0 Å². The first-order valence-electron chi connectivity index (χ1n) is 6.64. The van der Waals surface area contributed by atoms with Crippen LogP contribution in [0.25, 0.3) is 0 Å². The summed E-state index contributed by atoms with van der Waals surface area (Å²) in [5.74, 6) is 0.491. The van der Waals surface area contributed by atoms with E-state index in [-0.39, 0.29) is 18.1 Å². The number of phenols is 1. The highest BCUT2D eigenvalue weighted by Crippen LogP contribution is 2.18. The number of carbonyl (C=O) groups excluding carboxylic acids is 1. The third-order valence-electron chi connectivity index (χ3n) is 3.09. The summed E-state index contributed by atoms with van der Waals surface area (Å²) in [5.41, 5.74) is 6.00. The van der Waals surface area contributed by atoms with Crippen LogP contribution < -0.4 is 11.1 Å². The summed E-state index contributed by atoms with van der Waals surface area (Å²) in [7, 11) is 0. The molecule has 0 saturated carbocycles. The van der Waals surface area contributed by atoms with Gasteiger partial charge in [0.1, 0.15) is 5.75 Å². The van der Waals surface area contributed by atoms with Gasteiger partial charge in [-0.25, -0.2) is 0 Å². The van der Waals surface area contributed by atoms with Gasteiger partial charge in [0, 0.05) is 17.6 Å². The van der Waals surface area contributed by atoms with Gasteiger partial charge < -0.3 is 16.2 Å². The van der Waals surface area contributed by atoms with E-state index in [0.717, 1.165) is 6.42 Å². The molecule has 0 fully saturated rings. The highest BCUT2D eigenvalue weighted by atomic mass is 16.3. The minimum Gasteiger partial charge on any atom is -0.508 e. The highest BCUT2D eigenvalue weighted by Gasteiger charge is 2.25. The van der Waals surface area contributed by atoms with Crippen molar-refractivity contribution in [1.29, 1.82) is 0 Å². The number of nitrogens with two attached hydrogens (primary N) is 1. The van der Waals surface area contributed by atoms with Crippen LogP contribution in [0.4, 0.5) is 0 Å². The molecule has 0 spiro atoms. The second kappa shape index (κ2) is 6.57. The molecule has 0 saturated heterocycles. The number of hydrogen-bond acceptors (Lipinski definition) is 3. The fraction of sp³-hybridized carbons (Fsp3) is 0.533. The quantitative estimate of drug-likeness (QED) is 0.733. The van der Waals surface area contributed by atoms with Crippen LogP contribution in [0.3, 0.4) is 0 Å². The lowest BCUT2D eigenvalue weighted by atomic mass is 9.90. The van der Waals surface area contributed by atoms with Gasteiger partial charge in [-0.2, -0.15) is 0 Å². The van der Waals surface area contributed by atoms with Crippen molar-refractivity contribution >= 4 is 5.91 Å². The molecule has 0 heterocycles. The van der Waals surface area contributed by atoms with E-state index in [1.54, 1.807) is 24.3 Å². The molecule has 106 valence electrons. The van der Waals surface area contributed by atoms with E-state index < -0.39 is 5.54 Å². The maximum Gasteiger partial charge on any atom is 0.225 e. The number of hydrogen-bond donors (Lipinski definition) is 3. The van der Waals surface area contributed by atoms with E-state index in [1.807, 2.05) is 6.92 Å². The van der Waals surface area contributed by atoms with Crippen molar-refractivity contribution in [2.75, 3.05) is 6.54 Å². The second-order valence-electron chi connectivity index (χ2n) is 5.72. The first kappa shape index (κ1) is 15.5. The van der Waals surface area contributed by atoms with Crippen molar-refractivity contribution in [3.63, 3.8) is 0 Å². The fourth-order valence-electron chi connectivity index (χ4n) is 2.30. The third kappa shape index (κ3) is 4.91. The molecule has 0 bridgehead atoms. The minimum absolute atomic E-state index is 0.116. The second-order valence-corrected chi connectivity index (χ2v) is 5.72. The normalized spacial score (nSPS) is 14.2. The lowest BCUT2D eigenvalue weighted by Crippen LogP contribution is -2.52. The van der Waals surface area contributed by atoms with Crippen molar-refractivity contribution < 1.29 is 9.90 Å². The van der Waals surface area contributed by atoms with Gasteiger partial charge in [0.15, 0.2) is 0 Å². The van der Waals surface area contributed by atoms with E-state index in [9.17, 15) is 9.90 Å². The van der Waals surface area contributed by atoms with Crippen LogP contribution in [0.15, 0.2) is 24.3 Å². The monoisotopic (exact) mass is 264 g/mol. The number of phenolic OH excluding ortho intramolecular Hbond substituents is 1. The Morgan fingerprint density at radius 1 is 1.42 bits per heavy atom. The zero-order valence-electron chi connectivity index (χ0n) is 11.9. The molecule has 1 atom stereocenters. The molecule has 0 aliphatic carbocycles. The van der Waals surface area contributed by atoms with Crippen LogP contribution >= 0.6 is 0 Å². The largest absolute Gasteiger partial charge is 0.508 e. The first-order valence-corrected chi connectivity index (χ1v) is 6.64. The van der Waals surface area contributed by atoms with Crippen LogP contribution in [0.5, 0.6) is 5.75 Å². The summed E-state index contributed by atoms with van der Waals surface area (Å²) in [6.45, 7) is 6.56. The van der Waals surface area contributed by atoms with Gasteiger partial charge in [0.05, 0.1) is 6.42 Å². The minimum atomic E-state index is -0.393. The number of rotatable bonds is 6. The third-order valence-corrected chi connectivity index (χ3v) is 3.09. The molecule has 4 heteroatoms. The first-order chi connectivity index (χ1) is 8.86. The van der Waals surface area contributed by atoms with E-state index in [4.69, 9.17) is 5.73 Å². The Morgan fingerprint density at radius 2 is 2.05 bits per heavy atom. The number of carbonyl (C=O) groups is 1. The summed E-state index contributed by atoms with van der Waals surface area (Å²) in [5, 5.41) is 12.6. The van der Waals surface area contributed by atoms with Crippen molar-refractivity contribution in [1.82, 2.24) is 5.32 Å². The lowest BCUT2D eigenvalue weighted by molar-refractivity contribution is -0.122. The number of nitrogens with one attached hydrogen (secondary N) is 1. The zero-order chi connectivity index (χ0) is 14.5. The van der Waals surface area contributed by atoms with Gasteiger partial charge in [0.2, 0.25) is 5.91 Å². The summed E-state index contributed by atoms with van der Waals surface area (Å²) < 4.78 is 0. The average Bonchev–Trinajstić information content (AvgIpc) is 2.31. The number of amides is 1. The molecule has 1 amide bonds. The van der Waals surface area contributed by atoms with Crippen molar-refractivity contribution in [2.24, 2.45) is 11.7 Å². The Labute approximate surface area is 115 Å². The van der Waals surface area contributed by atoms with Crippen LogP contribution in [0.1, 0.15) is 32.8 Å². The number of benzene rings is 1. The van der Waals surface area contributed by atoms with Crippen LogP contribution in [0.2, 0.25) is 0 Å². The topological polar surface area (TPSA) is 75.3 Å². The average molecular weight is 264 g/mol. The molecule has 4 nitrogen and oxygen atoms in total. The SMILES string of the molecule is CC(C)CC(C)(CN)NC(=O)Cc1ccccc1O. The smallest absolute Gasteiger partial charge is 0.225 e. The standard InChI is InChI=1S/C15H24N2O2/c1-11(2)9-15(3,10-16)17-14(19)8-12-6-4-5-7-13(12)18/h4-7,11,18H,8-10,16H2,1-3H3,(H,17,19). The summed E-state index contributed by atoms with van der Waals surface area (Å²) >= 11 is 0. The lowest BCUT2D eigenvalue weighted by Gasteiger charge is -2.31. The van der Waals surface area contributed by atoms with Crippen molar-refractivity contribution in [2.45, 2.75) is 39.2 Å². The van der Waals surface area contributed by atoms with Gasteiger partial charge in [0.25, 0.3) is 0 Å². The van der Waals surface area contributed by atoms with Gasteiger partial charge in [-0.1, -0.05) is 32.0 Å². The zero-order valence-corrected chi connectivity index (χ0v) is 11.9. The molecule has 1 rings (SSSR count). The van der Waals surface area contributed by atoms with Gasteiger partial charge in [-0.05, 0) is 25.3 Å². The molecule has 4 N–H and O–H groups in total. The van der Waals surface area contributed by atoms with E-state index in [2.05, 4.69) is 19.2 Å². The van der Waals surface area contributed by atoms with Crippen molar-refractivity contribution in [3.8, 4) is 5.75 Å². The molecule has 1 aromatic carbocycles. The number of para-hydroxylation sites is 1. The van der Waals surface area contributed by atoms with Crippen LogP contribution in [-0.2, 0) is 11.2 Å². The predicted molar refractivity (Wildman–Crippen MR) is 76.9 cm³/mol. The Bertz CT molecular complexity index is 432. The van der Waals surface area contributed by atoms with E-state index in [0.29, 0.717) is 18.0 Å². The molecule has 0 aromatic heterocycles. The van der Waals surface area contributed by atoms with Crippen LogP contribution in [0, 0.1) is 5.92 Å². The molecule has 0 aliphatic heterocycles. The Balaban J connectivity index is 2.66. The Hall–Kier alpha value is -1.55. The van der Waals surface area contributed by atoms with E-state index in [1.165, 1.54) is 0 Å². The Morgan fingerprint density at radius 3 is 2.58 bits per heavy atom. The van der Waals surface area contributed by atoms with Crippen molar-refractivity contribution in [3.05, 3.63) is 29.8 Å². The van der Waals surface area contributed by atoms with Crippen LogP contribution in [-0.4, -0.2) is 23.1 Å². The summed E-state index contributed by atoms with van der Waals surface area (Å²) in [6, 6.07) is 6.87. The maximum atomic E-state index is 12.0. The summed E-state index contributed by atoms with van der Waals surface area (Å²) in [4.78, 5) is 12.0. The molecular weight excluding hydrogens is 240 g/mol. The molecule has 1 unspecified atom stereocenters. The molecular formula is C15H24N2O2. The highest BCUT2D eigenvalue weighted by molar-refractivity contribution is 5.80. The van der Waals surface area contributed by atoms with Gasteiger partial charge >= 0.3 is 0 Å². The van der Waals surface area contributed by atoms with Gasteiger partial charge in [-0.3, -0.25) is 4.79 Å². The molecule has 0 radical (unpaired) electrons.